The van der Waals surface area contributed by atoms with Crippen LogP contribution in [0.3, 0.4) is 0 Å². The summed E-state index contributed by atoms with van der Waals surface area (Å²) in [5, 5.41) is 31.3. The number of carbonyl (C=O) groups excluding carboxylic acids is 1. The molecular weight excluding hydrogens is 470 g/mol. The van der Waals surface area contributed by atoms with E-state index in [0.29, 0.717) is 5.56 Å². The summed E-state index contributed by atoms with van der Waals surface area (Å²) in [5.41, 5.74) is 0.305. The van der Waals surface area contributed by atoms with Crippen molar-refractivity contribution in [2.75, 3.05) is 12.4 Å². The number of rotatable bonds is 10. The van der Waals surface area contributed by atoms with Gasteiger partial charge in [-0.3, -0.25) is 4.79 Å². The van der Waals surface area contributed by atoms with Crippen LogP contribution in [0.4, 0.5) is 5.69 Å². The summed E-state index contributed by atoms with van der Waals surface area (Å²) in [6.45, 7) is 5.06. The van der Waals surface area contributed by atoms with Crippen LogP contribution in [0.15, 0.2) is 84.3 Å². The second kappa shape index (κ2) is 11.9. The SMILES string of the molecule is C=C/C=C(\C=C\C(=O)Nc1ccc(C#N)cc1C(=O)O)S(=O)(=O)N(C)C(C)C(O)c1ccccc1. The molecule has 2 aromatic carbocycles. The lowest BCUT2D eigenvalue weighted by molar-refractivity contribution is -0.111. The van der Waals surface area contributed by atoms with E-state index < -0.39 is 34.0 Å². The van der Waals surface area contributed by atoms with Gasteiger partial charge in [0.15, 0.2) is 0 Å². The Labute approximate surface area is 204 Å². The summed E-state index contributed by atoms with van der Waals surface area (Å²) >= 11 is 0. The largest absolute Gasteiger partial charge is 0.478 e. The summed E-state index contributed by atoms with van der Waals surface area (Å²) in [6.07, 6.45) is 3.32. The molecule has 0 fully saturated rings. The normalized spacial score (nSPS) is 13.7. The molecule has 182 valence electrons. The molecule has 0 bridgehead atoms. The molecule has 0 aromatic heterocycles. The number of aliphatic hydroxyl groups excluding tert-OH is 1. The summed E-state index contributed by atoms with van der Waals surface area (Å²) in [7, 11) is -2.84. The molecule has 0 heterocycles. The van der Waals surface area contributed by atoms with Gasteiger partial charge in [-0.2, -0.15) is 9.57 Å². The Balaban J connectivity index is 2.26. The minimum atomic E-state index is -4.15. The lowest BCUT2D eigenvalue weighted by Crippen LogP contribution is -2.39. The molecule has 2 rings (SSSR count). The highest BCUT2D eigenvalue weighted by Gasteiger charge is 2.31. The fraction of sp³-hybridized carbons (Fsp3) is 0.160. The Morgan fingerprint density at radius 3 is 2.40 bits per heavy atom. The number of aromatic carboxylic acids is 1. The van der Waals surface area contributed by atoms with Crippen molar-refractivity contribution in [3.63, 3.8) is 0 Å². The van der Waals surface area contributed by atoms with Crippen LogP contribution in [-0.2, 0) is 14.8 Å². The smallest absolute Gasteiger partial charge is 0.337 e. The van der Waals surface area contributed by atoms with Crippen LogP contribution >= 0.6 is 0 Å². The number of anilines is 1. The standard InChI is InChI=1S/C25H25N3O6S/c1-4-8-20(35(33,34)28(3)17(2)24(30)19-9-6-5-7-10-19)12-14-23(29)27-22-13-11-18(16-26)15-21(22)25(31)32/h4-15,17,24,30H,1H2,2-3H3,(H,27,29)(H,31,32)/b14-12+,20-8+. The predicted octanol–water partition coefficient (Wildman–Crippen LogP) is 3.20. The Morgan fingerprint density at radius 1 is 1.17 bits per heavy atom. The molecule has 2 unspecified atom stereocenters. The van der Waals surface area contributed by atoms with E-state index in [1.807, 2.05) is 6.07 Å². The van der Waals surface area contributed by atoms with Crippen molar-refractivity contribution in [2.45, 2.75) is 19.1 Å². The maximum Gasteiger partial charge on any atom is 0.337 e. The predicted molar refractivity (Wildman–Crippen MR) is 132 cm³/mol. The number of sulfonamides is 1. The van der Waals surface area contributed by atoms with E-state index in [0.717, 1.165) is 22.5 Å². The average Bonchev–Trinajstić information content (AvgIpc) is 2.85. The molecule has 2 aromatic rings. The number of hydrogen-bond acceptors (Lipinski definition) is 6. The summed E-state index contributed by atoms with van der Waals surface area (Å²) in [4.78, 5) is 23.6. The maximum absolute atomic E-state index is 13.2. The second-order valence-corrected chi connectivity index (χ2v) is 9.42. The Bertz CT molecular complexity index is 1310. The fourth-order valence-electron chi connectivity index (χ4n) is 3.09. The van der Waals surface area contributed by atoms with E-state index in [4.69, 9.17) is 5.26 Å². The number of hydrogen-bond donors (Lipinski definition) is 3. The highest BCUT2D eigenvalue weighted by molar-refractivity contribution is 7.93. The van der Waals surface area contributed by atoms with E-state index in [1.54, 1.807) is 37.3 Å². The summed E-state index contributed by atoms with van der Waals surface area (Å²) < 4.78 is 27.4. The van der Waals surface area contributed by atoms with Gasteiger partial charge >= 0.3 is 5.97 Å². The quantitative estimate of drug-likeness (QED) is 0.339. The molecule has 10 heteroatoms. The van der Waals surface area contributed by atoms with Crippen molar-refractivity contribution >= 4 is 27.6 Å². The van der Waals surface area contributed by atoms with Crippen molar-refractivity contribution in [3.05, 3.63) is 101 Å². The molecule has 0 radical (unpaired) electrons. The van der Waals surface area contributed by atoms with E-state index >= 15 is 0 Å². The highest BCUT2D eigenvalue weighted by Crippen LogP contribution is 2.25. The maximum atomic E-state index is 13.2. The second-order valence-electron chi connectivity index (χ2n) is 7.42. The molecule has 2 atom stereocenters. The van der Waals surface area contributed by atoms with Gasteiger partial charge in [-0.1, -0.05) is 43.0 Å². The van der Waals surface area contributed by atoms with Gasteiger partial charge in [0.2, 0.25) is 15.9 Å². The number of nitriles is 1. The third-order valence-electron chi connectivity index (χ3n) is 5.17. The Hall–Kier alpha value is -4.04. The van der Waals surface area contributed by atoms with Crippen LogP contribution < -0.4 is 5.32 Å². The van der Waals surface area contributed by atoms with E-state index in [-0.39, 0.29) is 21.7 Å². The lowest BCUT2D eigenvalue weighted by Gasteiger charge is -2.28. The van der Waals surface area contributed by atoms with Gasteiger partial charge in [-0.05, 0) is 42.8 Å². The number of aliphatic hydroxyl groups is 1. The van der Waals surface area contributed by atoms with Crippen molar-refractivity contribution in [3.8, 4) is 6.07 Å². The molecule has 35 heavy (non-hydrogen) atoms. The van der Waals surface area contributed by atoms with Gasteiger partial charge in [-0.15, -0.1) is 0 Å². The van der Waals surface area contributed by atoms with E-state index in [9.17, 15) is 28.2 Å². The zero-order valence-electron chi connectivity index (χ0n) is 19.1. The van der Waals surface area contributed by atoms with E-state index in [1.165, 1.54) is 31.3 Å². The first-order valence-electron chi connectivity index (χ1n) is 10.3. The number of nitrogens with one attached hydrogen (secondary N) is 1. The topological polar surface area (TPSA) is 148 Å². The van der Waals surface area contributed by atoms with Crippen molar-refractivity contribution in [2.24, 2.45) is 0 Å². The fourth-order valence-corrected chi connectivity index (χ4v) is 4.48. The van der Waals surface area contributed by atoms with Crippen LogP contribution in [0.2, 0.25) is 0 Å². The minimum absolute atomic E-state index is 0.0556. The van der Waals surface area contributed by atoms with Crippen LogP contribution in [-0.4, -0.2) is 47.9 Å². The van der Waals surface area contributed by atoms with Gasteiger partial charge < -0.3 is 15.5 Å². The van der Waals surface area contributed by atoms with Gasteiger partial charge in [-0.25, -0.2) is 13.2 Å². The molecule has 1 amide bonds. The molecule has 0 aliphatic carbocycles. The van der Waals surface area contributed by atoms with Crippen LogP contribution in [0.25, 0.3) is 0 Å². The first-order chi connectivity index (χ1) is 16.5. The van der Waals surface area contributed by atoms with Crippen LogP contribution in [0, 0.1) is 11.3 Å². The molecule has 0 aliphatic heterocycles. The van der Waals surface area contributed by atoms with Gasteiger partial charge in [0, 0.05) is 13.1 Å². The molecule has 0 saturated carbocycles. The first-order valence-corrected chi connectivity index (χ1v) is 11.8. The van der Waals surface area contributed by atoms with Gasteiger partial charge in [0.1, 0.15) is 0 Å². The molecule has 3 N–H and O–H groups in total. The zero-order chi connectivity index (χ0) is 26.2. The average molecular weight is 496 g/mol. The zero-order valence-corrected chi connectivity index (χ0v) is 19.9. The highest BCUT2D eigenvalue weighted by atomic mass is 32.2. The van der Waals surface area contributed by atoms with Gasteiger partial charge in [0.05, 0.1) is 39.9 Å². The third-order valence-corrected chi connectivity index (χ3v) is 7.13. The number of carboxylic acids is 1. The van der Waals surface area contributed by atoms with Crippen LogP contribution in [0.5, 0.6) is 0 Å². The Kier molecular flexibility index (Phi) is 9.25. The van der Waals surface area contributed by atoms with Gasteiger partial charge in [0.25, 0.3) is 0 Å². The third kappa shape index (κ3) is 6.74. The molecular formula is C25H25N3O6S. The molecule has 0 spiro atoms. The number of likely N-dealkylation sites (N-methyl/N-ethyl adjacent to an activating group) is 1. The number of benzene rings is 2. The molecule has 0 aliphatic rings. The van der Waals surface area contributed by atoms with Crippen molar-refractivity contribution in [1.82, 2.24) is 4.31 Å². The number of carbonyl (C=O) groups is 2. The summed E-state index contributed by atoms with van der Waals surface area (Å²) in [5.74, 6) is -2.13. The molecule has 9 nitrogen and oxygen atoms in total. The number of allylic oxidation sites excluding steroid dienone is 3. The number of nitrogens with zero attached hydrogens (tertiary/aromatic N) is 2. The van der Waals surface area contributed by atoms with E-state index in [2.05, 4.69) is 11.9 Å². The monoisotopic (exact) mass is 495 g/mol. The van der Waals surface area contributed by atoms with Crippen molar-refractivity contribution in [1.29, 1.82) is 5.26 Å². The van der Waals surface area contributed by atoms with Crippen molar-refractivity contribution < 1.29 is 28.2 Å². The lowest BCUT2D eigenvalue weighted by atomic mass is 10.0. The first kappa shape index (κ1) is 27.2. The van der Waals surface area contributed by atoms with Crippen LogP contribution in [0.1, 0.15) is 34.5 Å². The minimum Gasteiger partial charge on any atom is -0.478 e. The molecule has 0 saturated heterocycles. The summed E-state index contributed by atoms with van der Waals surface area (Å²) in [6, 6.07) is 13.3. The number of carboxylic acid groups (broad SMARTS) is 1. The number of amides is 1. The Morgan fingerprint density at radius 2 is 1.83 bits per heavy atom.